The summed E-state index contributed by atoms with van der Waals surface area (Å²) < 4.78 is 26.2. The monoisotopic (exact) mass is 300 g/mol. The van der Waals surface area contributed by atoms with Crippen molar-refractivity contribution in [2.24, 2.45) is 11.8 Å². The molecule has 0 saturated carbocycles. The molecule has 1 N–H and O–H groups in total. The molecule has 1 aliphatic heterocycles. The summed E-state index contributed by atoms with van der Waals surface area (Å²) in [7, 11) is 0. The predicted octanol–water partition coefficient (Wildman–Crippen LogP) is 2.69. The Morgan fingerprint density at radius 2 is 2.14 bits per heavy atom. The van der Waals surface area contributed by atoms with Crippen LogP contribution in [0.3, 0.4) is 0 Å². The van der Waals surface area contributed by atoms with E-state index < -0.39 is 34.5 Å². The first-order valence-corrected chi connectivity index (χ1v) is 6.35. The number of non-ortho nitro benzene ring substituents is 1. The van der Waals surface area contributed by atoms with Gasteiger partial charge in [0.15, 0.2) is 0 Å². The molecule has 1 fully saturated rings. The van der Waals surface area contributed by atoms with Crippen molar-refractivity contribution < 1.29 is 23.6 Å². The van der Waals surface area contributed by atoms with Gasteiger partial charge in [0, 0.05) is 36.5 Å². The zero-order chi connectivity index (χ0) is 15.7. The molecule has 1 heterocycles. The Morgan fingerprint density at radius 3 is 2.62 bits per heavy atom. The summed E-state index contributed by atoms with van der Waals surface area (Å²) in [6.45, 7) is 2.19. The summed E-state index contributed by atoms with van der Waals surface area (Å²) >= 11 is 0. The molecule has 0 amide bonds. The molecule has 6 nitrogen and oxygen atoms in total. The second-order valence-electron chi connectivity index (χ2n) is 5.13. The highest BCUT2D eigenvalue weighted by molar-refractivity contribution is 5.73. The molecule has 1 aromatic carbocycles. The van der Waals surface area contributed by atoms with Gasteiger partial charge in [-0.3, -0.25) is 14.9 Å². The second-order valence-corrected chi connectivity index (χ2v) is 5.13. The molecule has 1 aromatic rings. The van der Waals surface area contributed by atoms with Gasteiger partial charge in [-0.15, -0.1) is 0 Å². The number of carboxylic acid groups (broad SMARTS) is 1. The van der Waals surface area contributed by atoms with Crippen LogP contribution in [0.25, 0.3) is 0 Å². The number of carbonyl (C=O) groups is 1. The number of hydrogen-bond acceptors (Lipinski definition) is 4. The molecule has 2 unspecified atom stereocenters. The third kappa shape index (κ3) is 2.93. The summed E-state index contributed by atoms with van der Waals surface area (Å²) in [6.07, 6.45) is -2.86. The van der Waals surface area contributed by atoms with Crippen molar-refractivity contribution in [1.29, 1.82) is 0 Å². The van der Waals surface area contributed by atoms with Crippen LogP contribution in [0.2, 0.25) is 0 Å². The third-order valence-corrected chi connectivity index (χ3v) is 3.73. The molecule has 1 saturated heterocycles. The summed E-state index contributed by atoms with van der Waals surface area (Å²) in [5.74, 6) is -1.78. The normalized spacial score (nSPS) is 21.8. The highest BCUT2D eigenvalue weighted by atomic mass is 19.3. The third-order valence-electron chi connectivity index (χ3n) is 3.73. The van der Waals surface area contributed by atoms with Crippen LogP contribution in [-0.2, 0) is 4.79 Å². The van der Waals surface area contributed by atoms with Crippen LogP contribution in [0.15, 0.2) is 18.2 Å². The Labute approximate surface area is 119 Å². The summed E-state index contributed by atoms with van der Waals surface area (Å²) in [4.78, 5) is 22.6. The SMILES string of the molecule is CC1CN(c2ccc([N+](=O)[O-])cc2C(F)F)CC1C(=O)O. The molecule has 1 aliphatic rings. The lowest BCUT2D eigenvalue weighted by molar-refractivity contribution is -0.385. The van der Waals surface area contributed by atoms with Gasteiger partial charge in [-0.25, -0.2) is 8.78 Å². The fourth-order valence-electron chi connectivity index (χ4n) is 2.60. The first-order valence-electron chi connectivity index (χ1n) is 6.35. The van der Waals surface area contributed by atoms with Crippen molar-refractivity contribution in [3.05, 3.63) is 33.9 Å². The number of nitro benzene ring substituents is 1. The molecule has 0 bridgehead atoms. The maximum atomic E-state index is 13.1. The van der Waals surface area contributed by atoms with Crippen LogP contribution in [0, 0.1) is 22.0 Å². The van der Waals surface area contributed by atoms with Crippen LogP contribution in [-0.4, -0.2) is 29.1 Å². The van der Waals surface area contributed by atoms with Crippen LogP contribution in [0.5, 0.6) is 0 Å². The number of aliphatic carboxylic acids is 1. The Bertz CT molecular complexity index is 579. The number of rotatable bonds is 4. The van der Waals surface area contributed by atoms with Gasteiger partial charge in [-0.1, -0.05) is 6.92 Å². The number of nitro groups is 1. The molecule has 0 spiro atoms. The average Bonchev–Trinajstić information content (AvgIpc) is 2.80. The lowest BCUT2D eigenvalue weighted by Gasteiger charge is -2.21. The number of nitrogens with zero attached hydrogens (tertiary/aromatic N) is 2. The lowest BCUT2D eigenvalue weighted by atomic mass is 9.99. The predicted molar refractivity (Wildman–Crippen MR) is 70.6 cm³/mol. The number of benzene rings is 1. The molecule has 114 valence electrons. The summed E-state index contributed by atoms with van der Waals surface area (Å²) in [5.41, 5.74) is -0.690. The Hall–Kier alpha value is -2.25. The summed E-state index contributed by atoms with van der Waals surface area (Å²) in [5, 5.41) is 19.8. The van der Waals surface area contributed by atoms with Crippen molar-refractivity contribution in [2.75, 3.05) is 18.0 Å². The molecule has 2 atom stereocenters. The average molecular weight is 300 g/mol. The highest BCUT2D eigenvalue weighted by Crippen LogP contribution is 2.36. The largest absolute Gasteiger partial charge is 0.481 e. The van der Waals surface area contributed by atoms with Gasteiger partial charge < -0.3 is 10.0 Å². The minimum Gasteiger partial charge on any atom is -0.481 e. The van der Waals surface area contributed by atoms with E-state index in [0.29, 0.717) is 6.54 Å². The van der Waals surface area contributed by atoms with Gasteiger partial charge in [0.2, 0.25) is 0 Å². The standard InChI is InChI=1S/C13H14F2N2O4/c1-7-5-16(6-10(7)13(18)19)11-3-2-8(17(20)21)4-9(11)12(14)15/h2-4,7,10,12H,5-6H2,1H3,(H,18,19). The number of hydrogen-bond donors (Lipinski definition) is 1. The lowest BCUT2D eigenvalue weighted by Crippen LogP contribution is -2.24. The quantitative estimate of drug-likeness (QED) is 0.682. The van der Waals surface area contributed by atoms with Crippen LogP contribution in [0.1, 0.15) is 18.9 Å². The van der Waals surface area contributed by atoms with Crippen LogP contribution in [0.4, 0.5) is 20.2 Å². The van der Waals surface area contributed by atoms with Crippen molar-refractivity contribution >= 4 is 17.3 Å². The van der Waals surface area contributed by atoms with E-state index in [1.54, 1.807) is 11.8 Å². The van der Waals surface area contributed by atoms with E-state index >= 15 is 0 Å². The van der Waals surface area contributed by atoms with Crippen molar-refractivity contribution in [1.82, 2.24) is 0 Å². The highest BCUT2D eigenvalue weighted by Gasteiger charge is 2.36. The number of carboxylic acids is 1. The van der Waals surface area contributed by atoms with E-state index in [1.165, 1.54) is 6.07 Å². The Balaban J connectivity index is 2.36. The van der Waals surface area contributed by atoms with E-state index in [2.05, 4.69) is 0 Å². The van der Waals surface area contributed by atoms with Crippen LogP contribution >= 0.6 is 0 Å². The van der Waals surface area contributed by atoms with Crippen molar-refractivity contribution in [2.45, 2.75) is 13.3 Å². The molecule has 0 aliphatic carbocycles. The molecular weight excluding hydrogens is 286 g/mol. The van der Waals surface area contributed by atoms with Gasteiger partial charge >= 0.3 is 5.97 Å². The van der Waals surface area contributed by atoms with E-state index in [9.17, 15) is 23.7 Å². The van der Waals surface area contributed by atoms with Gasteiger partial charge in [0.1, 0.15) is 0 Å². The molecule has 0 radical (unpaired) electrons. The molecule has 8 heteroatoms. The first-order chi connectivity index (χ1) is 9.81. The van der Waals surface area contributed by atoms with E-state index in [1.807, 2.05) is 0 Å². The fourth-order valence-corrected chi connectivity index (χ4v) is 2.60. The van der Waals surface area contributed by atoms with E-state index in [0.717, 1.165) is 12.1 Å². The van der Waals surface area contributed by atoms with Crippen molar-refractivity contribution in [3.63, 3.8) is 0 Å². The van der Waals surface area contributed by atoms with Gasteiger partial charge in [-0.2, -0.15) is 0 Å². The number of alkyl halides is 2. The molecule has 0 aromatic heterocycles. The number of anilines is 1. The minimum atomic E-state index is -2.86. The smallest absolute Gasteiger partial charge is 0.308 e. The van der Waals surface area contributed by atoms with Gasteiger partial charge in [0.25, 0.3) is 12.1 Å². The minimum absolute atomic E-state index is 0.119. The fraction of sp³-hybridized carbons (Fsp3) is 0.462. The molecule has 2 rings (SSSR count). The van der Waals surface area contributed by atoms with Gasteiger partial charge in [0.05, 0.1) is 10.8 Å². The second kappa shape index (κ2) is 5.63. The van der Waals surface area contributed by atoms with Crippen LogP contribution < -0.4 is 4.90 Å². The summed E-state index contributed by atoms with van der Waals surface area (Å²) in [6, 6.07) is 3.26. The number of halogens is 2. The Kier molecular flexibility index (Phi) is 4.06. The molecular formula is C13H14F2N2O4. The topological polar surface area (TPSA) is 83.7 Å². The Morgan fingerprint density at radius 1 is 1.48 bits per heavy atom. The maximum absolute atomic E-state index is 13.1. The zero-order valence-electron chi connectivity index (χ0n) is 11.2. The first kappa shape index (κ1) is 15.1. The maximum Gasteiger partial charge on any atom is 0.308 e. The zero-order valence-corrected chi connectivity index (χ0v) is 11.2. The van der Waals surface area contributed by atoms with E-state index in [-0.39, 0.29) is 18.2 Å². The van der Waals surface area contributed by atoms with Gasteiger partial charge in [-0.05, 0) is 12.0 Å². The van der Waals surface area contributed by atoms with E-state index in [4.69, 9.17) is 5.11 Å². The molecule has 21 heavy (non-hydrogen) atoms. The van der Waals surface area contributed by atoms with Crippen molar-refractivity contribution in [3.8, 4) is 0 Å².